The summed E-state index contributed by atoms with van der Waals surface area (Å²) in [7, 11) is 1.60. The monoisotopic (exact) mass is 732 g/mol. The topological polar surface area (TPSA) is 167 Å². The van der Waals surface area contributed by atoms with Gasteiger partial charge in [-0.15, -0.1) is 11.8 Å². The summed E-state index contributed by atoms with van der Waals surface area (Å²) in [5.74, 6) is 1.19. The van der Waals surface area contributed by atoms with Crippen molar-refractivity contribution in [2.75, 3.05) is 39.5 Å². The number of nitriles is 1. The van der Waals surface area contributed by atoms with Crippen molar-refractivity contribution < 1.29 is 47.5 Å². The van der Waals surface area contributed by atoms with Gasteiger partial charge in [-0.05, 0) is 31.4 Å². The van der Waals surface area contributed by atoms with Gasteiger partial charge in [-0.3, -0.25) is 9.69 Å². The van der Waals surface area contributed by atoms with Crippen molar-refractivity contribution >= 4 is 29.8 Å². The maximum Gasteiger partial charge on any atom is 0.408 e. The first-order chi connectivity index (χ1) is 25.1. The normalized spacial score (nSPS) is 26.7. The molecule has 2 aromatic rings. The van der Waals surface area contributed by atoms with Crippen LogP contribution in [0.2, 0.25) is 0 Å². The number of alkyl carbamates (subject to hydrolysis) is 1. The molecule has 0 unspecified atom stereocenters. The number of ether oxygens (including phenoxy) is 7. The smallest absolute Gasteiger partial charge is 0.408 e. The van der Waals surface area contributed by atoms with Crippen LogP contribution in [0.4, 0.5) is 4.79 Å². The molecule has 7 atom stereocenters. The van der Waals surface area contributed by atoms with Gasteiger partial charge in [0.25, 0.3) is 0 Å². The Morgan fingerprint density at radius 3 is 2.60 bits per heavy atom. The van der Waals surface area contributed by atoms with Gasteiger partial charge in [-0.25, -0.2) is 9.59 Å². The van der Waals surface area contributed by atoms with Crippen molar-refractivity contribution in [1.29, 1.82) is 5.26 Å². The van der Waals surface area contributed by atoms with E-state index in [9.17, 15) is 19.6 Å². The van der Waals surface area contributed by atoms with Crippen LogP contribution in [-0.4, -0.2) is 86.6 Å². The Hall–Kier alpha value is -4.91. The molecule has 2 saturated heterocycles. The summed E-state index contributed by atoms with van der Waals surface area (Å²) in [5, 5.41) is 16.8. The molecule has 0 spiro atoms. The molecule has 6 heterocycles. The summed E-state index contributed by atoms with van der Waals surface area (Å²) in [6.45, 7) is 12.4. The van der Waals surface area contributed by atoms with E-state index in [1.165, 1.54) is 24.8 Å². The quantitative estimate of drug-likeness (QED) is 0.227. The molecule has 14 nitrogen and oxygen atoms in total. The van der Waals surface area contributed by atoms with Crippen molar-refractivity contribution in [3.8, 4) is 34.8 Å². The molecule has 52 heavy (non-hydrogen) atoms. The number of thioether (sulfide) groups is 1. The number of esters is 2. The van der Waals surface area contributed by atoms with Gasteiger partial charge in [0, 0.05) is 47.0 Å². The number of carbonyl (C=O) groups excluding carboxylic acids is 3. The van der Waals surface area contributed by atoms with Crippen LogP contribution in [0.15, 0.2) is 31.4 Å². The molecule has 8 rings (SSSR count). The second-order valence-corrected chi connectivity index (χ2v) is 14.3. The molecular weight excluding hydrogens is 692 g/mol. The Morgan fingerprint density at radius 2 is 1.88 bits per heavy atom. The van der Waals surface area contributed by atoms with Gasteiger partial charge in [0.2, 0.25) is 6.79 Å². The van der Waals surface area contributed by atoms with Crippen LogP contribution in [0.25, 0.3) is 0 Å². The SMILES string of the molecule is C=CCOC(=O)N[C@H]1CS[C@@H]2c3c(OC(C)=O)c(C)c4c(c3[C@H](COC1=O)N1[C@@H]2[C@@H]2N[C@@H](Cc3cc(C)c(OC)c(OCC=C)c32)[C@@H]1C#N)OCO4. The molecule has 2 aromatic carbocycles. The van der Waals surface area contributed by atoms with Gasteiger partial charge in [-0.1, -0.05) is 31.4 Å². The molecule has 6 aliphatic rings. The number of hydrogen-bond donors (Lipinski definition) is 2. The fraction of sp³-hybridized carbons (Fsp3) is 0.459. The molecule has 6 aliphatic heterocycles. The van der Waals surface area contributed by atoms with E-state index in [1.54, 1.807) is 20.1 Å². The molecular formula is C37H40N4O10S. The first kappa shape index (κ1) is 35.5. The second kappa shape index (κ2) is 14.3. The number of hydrogen-bond acceptors (Lipinski definition) is 14. The zero-order valence-corrected chi connectivity index (χ0v) is 30.1. The summed E-state index contributed by atoms with van der Waals surface area (Å²) in [6.07, 6.45) is 2.81. The van der Waals surface area contributed by atoms with Gasteiger partial charge in [0.1, 0.15) is 37.7 Å². The lowest BCUT2D eigenvalue weighted by Gasteiger charge is -2.59. The lowest BCUT2D eigenvalue weighted by molar-refractivity contribution is -0.149. The average molecular weight is 733 g/mol. The molecule has 0 radical (unpaired) electrons. The first-order valence-corrected chi connectivity index (χ1v) is 18.0. The molecule has 0 saturated carbocycles. The third-order valence-corrected chi connectivity index (χ3v) is 11.5. The largest absolute Gasteiger partial charge is 0.493 e. The molecule has 2 fully saturated rings. The van der Waals surface area contributed by atoms with Crippen LogP contribution in [0.1, 0.15) is 57.6 Å². The third-order valence-electron chi connectivity index (χ3n) is 10.1. The van der Waals surface area contributed by atoms with Crippen LogP contribution < -0.4 is 34.3 Å². The molecule has 274 valence electrons. The lowest BCUT2D eigenvalue weighted by Crippen LogP contribution is -2.69. The summed E-state index contributed by atoms with van der Waals surface area (Å²) >= 11 is 1.37. The number of aryl methyl sites for hydroxylation is 1. The highest BCUT2D eigenvalue weighted by molar-refractivity contribution is 7.99. The zero-order valence-electron chi connectivity index (χ0n) is 29.3. The van der Waals surface area contributed by atoms with Crippen LogP contribution >= 0.6 is 11.8 Å². The third kappa shape index (κ3) is 5.79. The maximum atomic E-state index is 13.7. The van der Waals surface area contributed by atoms with E-state index in [-0.39, 0.29) is 38.4 Å². The zero-order chi connectivity index (χ0) is 36.8. The van der Waals surface area contributed by atoms with Gasteiger partial charge >= 0.3 is 18.0 Å². The predicted molar refractivity (Wildman–Crippen MR) is 188 cm³/mol. The Balaban J connectivity index is 1.48. The molecule has 0 aromatic heterocycles. The average Bonchev–Trinajstić information content (AvgIpc) is 3.62. The Bertz CT molecular complexity index is 1890. The maximum absolute atomic E-state index is 13.7. The number of amides is 1. The molecule has 1 amide bonds. The number of methoxy groups -OCH3 is 1. The van der Waals surface area contributed by atoms with Crippen molar-refractivity contribution in [3.05, 3.63) is 64.8 Å². The second-order valence-electron chi connectivity index (χ2n) is 13.1. The summed E-state index contributed by atoms with van der Waals surface area (Å²) in [5.41, 5.74) is 4.65. The minimum atomic E-state index is -1.09. The number of fused-ring (bicyclic) bond motifs is 10. The van der Waals surface area contributed by atoms with Crippen LogP contribution in [0.5, 0.6) is 28.7 Å². The number of carbonyl (C=O) groups is 3. The standard InChI is InChI=1S/C37H40N4O10S/c1-7-9-46-33-25-20(11-17(3)30(33)45-6)12-21-23(13-38)41-24-14-48-36(43)22(40-37(44)47-10-8-2)15-52-35(29(41)28(25)39-21)27-26(24)34-32(49-16-50-34)18(4)31(27)51-19(5)42/h7-8,11,21-24,28-29,35,39H,1-2,9-10,12,14-16H2,3-6H3,(H,40,44)/t21-,22-,23-,24-,28+,29+,35+/m0/s1. The van der Waals surface area contributed by atoms with Gasteiger partial charge in [0.05, 0.1) is 30.5 Å². The summed E-state index contributed by atoms with van der Waals surface area (Å²) in [6, 6.07) is 0.857. The van der Waals surface area contributed by atoms with Gasteiger partial charge in [0.15, 0.2) is 23.0 Å². The number of nitrogens with one attached hydrogen (secondary N) is 2. The molecule has 15 heteroatoms. The van der Waals surface area contributed by atoms with Crippen molar-refractivity contribution in [2.24, 2.45) is 0 Å². The highest BCUT2D eigenvalue weighted by atomic mass is 32.2. The lowest BCUT2D eigenvalue weighted by atomic mass is 9.72. The van der Waals surface area contributed by atoms with Gasteiger partial charge in [-0.2, -0.15) is 5.26 Å². The van der Waals surface area contributed by atoms with Gasteiger partial charge < -0.3 is 43.8 Å². The molecule has 0 aliphatic carbocycles. The van der Waals surface area contributed by atoms with E-state index < -0.39 is 53.5 Å². The number of benzene rings is 2. The van der Waals surface area contributed by atoms with Crippen LogP contribution in [0, 0.1) is 25.2 Å². The van der Waals surface area contributed by atoms with E-state index in [0.717, 1.165) is 16.7 Å². The fourth-order valence-corrected chi connectivity index (χ4v) is 9.77. The first-order valence-electron chi connectivity index (χ1n) is 17.0. The van der Waals surface area contributed by atoms with Crippen LogP contribution in [0.3, 0.4) is 0 Å². The number of rotatable bonds is 8. The van der Waals surface area contributed by atoms with Crippen molar-refractivity contribution in [2.45, 2.75) is 68.7 Å². The molecule has 2 N–H and O–H groups in total. The Kier molecular flexibility index (Phi) is 9.73. The summed E-state index contributed by atoms with van der Waals surface area (Å²) < 4.78 is 41.6. The Morgan fingerprint density at radius 1 is 1.12 bits per heavy atom. The van der Waals surface area contributed by atoms with Crippen LogP contribution in [-0.2, 0) is 25.5 Å². The van der Waals surface area contributed by atoms with Crippen molar-refractivity contribution in [3.63, 3.8) is 0 Å². The van der Waals surface area contributed by atoms with E-state index in [4.69, 9.17) is 33.2 Å². The summed E-state index contributed by atoms with van der Waals surface area (Å²) in [4.78, 5) is 41.2. The predicted octanol–water partition coefficient (Wildman–Crippen LogP) is 4.03. The molecule has 4 bridgehead atoms. The fourth-order valence-electron chi connectivity index (χ4n) is 8.25. The van der Waals surface area contributed by atoms with Crippen molar-refractivity contribution in [1.82, 2.24) is 15.5 Å². The van der Waals surface area contributed by atoms with E-state index >= 15 is 0 Å². The number of nitrogens with zero attached hydrogens (tertiary/aromatic N) is 2. The van der Waals surface area contributed by atoms with E-state index in [0.29, 0.717) is 51.9 Å². The minimum absolute atomic E-state index is 0.0449. The highest BCUT2D eigenvalue weighted by Crippen LogP contribution is 2.62. The minimum Gasteiger partial charge on any atom is -0.493 e. The van der Waals surface area contributed by atoms with E-state index in [2.05, 4.69) is 40.8 Å². The number of piperazine rings is 1. The highest BCUT2D eigenvalue weighted by Gasteiger charge is 2.59. The van der Waals surface area contributed by atoms with E-state index in [1.807, 2.05) is 6.92 Å². The Labute approximate surface area is 305 Å².